The van der Waals surface area contributed by atoms with Gasteiger partial charge in [-0.05, 0) is 18.2 Å². The lowest BCUT2D eigenvalue weighted by atomic mass is 10.5. The maximum Gasteiger partial charge on any atom is 0.201 e. The van der Waals surface area contributed by atoms with Crippen LogP contribution in [-0.4, -0.2) is 13.2 Å². The predicted molar refractivity (Wildman–Crippen MR) is 30.8 cm³/mol. The molecule has 0 atom stereocenters. The zero-order chi connectivity index (χ0) is 5.11. The van der Waals surface area contributed by atoms with Crippen LogP contribution in [0.3, 0.4) is 0 Å². The molecule has 0 aromatic carbocycles. The van der Waals surface area contributed by atoms with Crippen LogP contribution in [0.15, 0.2) is 0 Å². The first-order chi connectivity index (χ1) is 3.39. The van der Waals surface area contributed by atoms with Gasteiger partial charge in [0.1, 0.15) is 0 Å². The Morgan fingerprint density at radius 3 is 2.14 bits per heavy atom. The lowest BCUT2D eigenvalue weighted by molar-refractivity contribution is 0.195. The summed E-state index contributed by atoms with van der Waals surface area (Å²) in [5.74, 6) is 0. The summed E-state index contributed by atoms with van der Waals surface area (Å²) in [6, 6.07) is 0. The van der Waals surface area contributed by atoms with Crippen molar-refractivity contribution in [1.82, 2.24) is 0 Å². The van der Waals surface area contributed by atoms with Crippen molar-refractivity contribution in [2.24, 2.45) is 0 Å². The summed E-state index contributed by atoms with van der Waals surface area (Å²) in [5.41, 5.74) is 0. The van der Waals surface area contributed by atoms with Crippen LogP contribution in [-0.2, 0) is 20.9 Å². The third-order valence-corrected chi connectivity index (χ3v) is 2.10. The Morgan fingerprint density at radius 2 is 1.86 bits per heavy atom. The zero-order valence-corrected chi connectivity index (χ0v) is 5.50. The molecule has 1 aliphatic heterocycles. The molecule has 0 amide bonds. The first kappa shape index (κ1) is 5.57. The van der Waals surface area contributed by atoms with Gasteiger partial charge in [0.25, 0.3) is 0 Å². The molecule has 1 fully saturated rings. The summed E-state index contributed by atoms with van der Waals surface area (Å²) in [4.78, 5) is 0. The molecule has 1 radical (unpaired) electrons. The van der Waals surface area contributed by atoms with E-state index >= 15 is 0 Å². The molecular formula is C3H6O2PS. The van der Waals surface area contributed by atoms with Crippen molar-refractivity contribution in [3.8, 4) is 0 Å². The number of hydrogen-bond donors (Lipinski definition) is 0. The van der Waals surface area contributed by atoms with Crippen LogP contribution in [0.5, 0.6) is 0 Å². The standard InChI is InChI=1S/C3H6O2PS/c7-6-4-2-1-3-5-6/h1-3H2. The van der Waals surface area contributed by atoms with Crippen molar-refractivity contribution in [2.75, 3.05) is 13.2 Å². The Morgan fingerprint density at radius 1 is 1.29 bits per heavy atom. The summed E-state index contributed by atoms with van der Waals surface area (Å²) >= 11 is 4.71. The molecule has 0 unspecified atom stereocenters. The van der Waals surface area contributed by atoms with E-state index in [1.54, 1.807) is 0 Å². The van der Waals surface area contributed by atoms with Gasteiger partial charge in [-0.1, -0.05) is 0 Å². The second kappa shape index (κ2) is 2.68. The smallest absolute Gasteiger partial charge is 0.201 e. The molecule has 0 aromatic heterocycles. The maximum absolute atomic E-state index is 4.94. The minimum atomic E-state index is -0.908. The molecule has 1 aliphatic rings. The van der Waals surface area contributed by atoms with Crippen molar-refractivity contribution in [3.05, 3.63) is 0 Å². The first-order valence-corrected chi connectivity index (χ1v) is 4.32. The van der Waals surface area contributed by atoms with Crippen molar-refractivity contribution in [3.63, 3.8) is 0 Å². The van der Waals surface area contributed by atoms with Gasteiger partial charge < -0.3 is 9.05 Å². The molecule has 41 valence electrons. The van der Waals surface area contributed by atoms with Crippen LogP contribution in [0.1, 0.15) is 6.42 Å². The molecule has 7 heavy (non-hydrogen) atoms. The van der Waals surface area contributed by atoms with E-state index in [1.807, 2.05) is 0 Å². The molecule has 1 saturated heterocycles. The average molecular weight is 137 g/mol. The number of hydrogen-bond acceptors (Lipinski definition) is 3. The largest absolute Gasteiger partial charge is 0.305 e. The molecule has 1 rings (SSSR count). The van der Waals surface area contributed by atoms with Gasteiger partial charge in [0.15, 0.2) is 0 Å². The summed E-state index contributed by atoms with van der Waals surface area (Å²) in [6.07, 6.45) is 0.996. The molecule has 0 aliphatic carbocycles. The Labute approximate surface area is 48.4 Å². The molecule has 0 saturated carbocycles. The van der Waals surface area contributed by atoms with E-state index in [2.05, 4.69) is 0 Å². The topological polar surface area (TPSA) is 18.5 Å². The lowest BCUT2D eigenvalue weighted by Crippen LogP contribution is -2.00. The average Bonchev–Trinajstić information content (AvgIpc) is 1.69. The Hall–Kier alpha value is 0.440. The summed E-state index contributed by atoms with van der Waals surface area (Å²) < 4.78 is 9.87. The van der Waals surface area contributed by atoms with E-state index in [0.717, 1.165) is 19.6 Å². The predicted octanol–water partition coefficient (Wildman–Crippen LogP) is 1.20. The van der Waals surface area contributed by atoms with Crippen LogP contribution >= 0.6 is 7.15 Å². The fraction of sp³-hybridized carbons (Fsp3) is 1.00. The quantitative estimate of drug-likeness (QED) is 0.467. The summed E-state index contributed by atoms with van der Waals surface area (Å²) in [5, 5.41) is 0. The highest BCUT2D eigenvalue weighted by atomic mass is 32.4. The Balaban J connectivity index is 2.25. The van der Waals surface area contributed by atoms with Crippen LogP contribution in [0.4, 0.5) is 0 Å². The number of rotatable bonds is 0. The zero-order valence-electron chi connectivity index (χ0n) is 3.79. The maximum atomic E-state index is 4.94. The van der Waals surface area contributed by atoms with Gasteiger partial charge >= 0.3 is 0 Å². The normalized spacial score (nSPS) is 22.6. The van der Waals surface area contributed by atoms with Crippen molar-refractivity contribution in [1.29, 1.82) is 0 Å². The fourth-order valence-electron chi connectivity index (χ4n) is 0.374. The molecule has 2 nitrogen and oxygen atoms in total. The SMILES string of the molecule is S=[P]1OCCCO1. The van der Waals surface area contributed by atoms with E-state index in [1.165, 1.54) is 0 Å². The summed E-state index contributed by atoms with van der Waals surface area (Å²) in [6.45, 7) is 1.57. The van der Waals surface area contributed by atoms with E-state index in [-0.39, 0.29) is 0 Å². The van der Waals surface area contributed by atoms with Crippen LogP contribution < -0.4 is 0 Å². The van der Waals surface area contributed by atoms with Gasteiger partial charge in [0.2, 0.25) is 7.15 Å². The minimum Gasteiger partial charge on any atom is -0.305 e. The second-order valence-electron chi connectivity index (χ2n) is 1.24. The van der Waals surface area contributed by atoms with Crippen LogP contribution in [0, 0.1) is 0 Å². The van der Waals surface area contributed by atoms with Crippen molar-refractivity contribution < 1.29 is 9.05 Å². The van der Waals surface area contributed by atoms with Gasteiger partial charge in [-0.3, -0.25) is 0 Å². The third kappa shape index (κ3) is 1.78. The van der Waals surface area contributed by atoms with Gasteiger partial charge in [0.05, 0.1) is 13.2 Å². The first-order valence-electron chi connectivity index (χ1n) is 2.13. The molecular weight excluding hydrogens is 131 g/mol. The van der Waals surface area contributed by atoms with Crippen molar-refractivity contribution >= 4 is 19.0 Å². The Bertz CT molecular complexity index is 77.0. The van der Waals surface area contributed by atoms with Crippen LogP contribution in [0.25, 0.3) is 0 Å². The van der Waals surface area contributed by atoms with Gasteiger partial charge in [-0.25, -0.2) is 0 Å². The van der Waals surface area contributed by atoms with E-state index in [0.29, 0.717) is 0 Å². The molecule has 0 N–H and O–H groups in total. The monoisotopic (exact) mass is 137 g/mol. The highest BCUT2D eigenvalue weighted by Crippen LogP contribution is 2.27. The molecule has 1 heterocycles. The summed E-state index contributed by atoms with van der Waals surface area (Å²) in [7, 11) is -0.908. The van der Waals surface area contributed by atoms with Crippen molar-refractivity contribution in [2.45, 2.75) is 6.42 Å². The fourth-order valence-corrected chi connectivity index (χ4v) is 1.45. The molecule has 0 bridgehead atoms. The highest BCUT2D eigenvalue weighted by Gasteiger charge is 2.02. The molecule has 0 aromatic rings. The van der Waals surface area contributed by atoms with Gasteiger partial charge in [-0.15, -0.1) is 0 Å². The Kier molecular flexibility index (Phi) is 2.13. The lowest BCUT2D eigenvalue weighted by Gasteiger charge is -2.10. The van der Waals surface area contributed by atoms with Gasteiger partial charge in [-0.2, -0.15) is 0 Å². The second-order valence-corrected chi connectivity index (χ2v) is 3.10. The third-order valence-electron chi connectivity index (χ3n) is 0.682. The van der Waals surface area contributed by atoms with E-state index < -0.39 is 7.15 Å². The van der Waals surface area contributed by atoms with Gasteiger partial charge in [0, 0.05) is 0 Å². The van der Waals surface area contributed by atoms with E-state index in [9.17, 15) is 0 Å². The van der Waals surface area contributed by atoms with E-state index in [4.69, 9.17) is 20.9 Å². The molecule has 4 heteroatoms. The highest BCUT2D eigenvalue weighted by molar-refractivity contribution is 8.00. The van der Waals surface area contributed by atoms with Crippen LogP contribution in [0.2, 0.25) is 0 Å². The molecule has 0 spiro atoms. The minimum absolute atomic E-state index is 0.787.